The summed E-state index contributed by atoms with van der Waals surface area (Å²) in [4.78, 5) is 2.49. The molecule has 0 saturated carbocycles. The minimum absolute atomic E-state index is 0.344. The van der Waals surface area contributed by atoms with Crippen LogP contribution in [0.25, 0.3) is 11.1 Å². The largest absolute Gasteiger partial charge is 0.373 e. The monoisotopic (exact) mass is 324 g/mol. The molecular weight excluding hydrogens is 296 g/mol. The Labute approximate surface area is 145 Å². The fourth-order valence-corrected chi connectivity index (χ4v) is 3.43. The fourth-order valence-electron chi connectivity index (χ4n) is 3.43. The van der Waals surface area contributed by atoms with Gasteiger partial charge in [0, 0.05) is 32.7 Å². The number of morpholine rings is 1. The van der Waals surface area contributed by atoms with Crippen LogP contribution in [-0.2, 0) is 11.3 Å². The topological polar surface area (TPSA) is 24.5 Å². The Morgan fingerprint density at radius 3 is 2.42 bits per heavy atom. The number of nitrogens with zero attached hydrogens (tertiary/aromatic N) is 1. The van der Waals surface area contributed by atoms with E-state index >= 15 is 0 Å². The van der Waals surface area contributed by atoms with Gasteiger partial charge in [0.05, 0.1) is 12.2 Å². The number of rotatable bonds is 6. The summed E-state index contributed by atoms with van der Waals surface area (Å²) in [5.41, 5.74) is 3.89. The normalized spacial score (nSPS) is 21.8. The third-order valence-electron chi connectivity index (χ3n) is 4.46. The van der Waals surface area contributed by atoms with E-state index in [0.29, 0.717) is 12.2 Å². The highest BCUT2D eigenvalue weighted by Gasteiger charge is 2.21. The lowest BCUT2D eigenvalue weighted by atomic mass is 10.0. The molecule has 0 bridgehead atoms. The molecule has 24 heavy (non-hydrogen) atoms. The van der Waals surface area contributed by atoms with Crippen molar-refractivity contribution in [1.82, 2.24) is 10.2 Å². The van der Waals surface area contributed by atoms with Gasteiger partial charge in [0.25, 0.3) is 0 Å². The van der Waals surface area contributed by atoms with Crippen LogP contribution in [0.4, 0.5) is 0 Å². The van der Waals surface area contributed by atoms with Gasteiger partial charge in [0.15, 0.2) is 0 Å². The van der Waals surface area contributed by atoms with Crippen molar-refractivity contribution < 1.29 is 4.74 Å². The molecule has 1 N–H and O–H groups in total. The van der Waals surface area contributed by atoms with E-state index in [4.69, 9.17) is 4.74 Å². The zero-order valence-electron chi connectivity index (χ0n) is 14.7. The van der Waals surface area contributed by atoms with Gasteiger partial charge in [-0.2, -0.15) is 0 Å². The zero-order valence-corrected chi connectivity index (χ0v) is 14.7. The Morgan fingerprint density at radius 2 is 1.67 bits per heavy atom. The van der Waals surface area contributed by atoms with E-state index in [9.17, 15) is 0 Å². The highest BCUT2D eigenvalue weighted by molar-refractivity contribution is 5.63. The van der Waals surface area contributed by atoms with Crippen LogP contribution in [-0.4, -0.2) is 43.3 Å². The van der Waals surface area contributed by atoms with Crippen LogP contribution < -0.4 is 5.32 Å². The fraction of sp³-hybridized carbons (Fsp3) is 0.429. The van der Waals surface area contributed by atoms with Gasteiger partial charge >= 0.3 is 0 Å². The van der Waals surface area contributed by atoms with Crippen molar-refractivity contribution in [2.24, 2.45) is 0 Å². The predicted octanol–water partition coefficient (Wildman–Crippen LogP) is 3.55. The summed E-state index contributed by atoms with van der Waals surface area (Å²) in [7, 11) is 0. The van der Waals surface area contributed by atoms with Gasteiger partial charge in [-0.3, -0.25) is 4.90 Å². The molecule has 0 aromatic heterocycles. The maximum absolute atomic E-state index is 5.79. The second kappa shape index (κ2) is 8.43. The lowest BCUT2D eigenvalue weighted by molar-refractivity contribution is -0.0674. The van der Waals surface area contributed by atoms with E-state index < -0.39 is 0 Å². The smallest absolute Gasteiger partial charge is 0.0678 e. The van der Waals surface area contributed by atoms with Crippen LogP contribution in [0.5, 0.6) is 0 Å². The van der Waals surface area contributed by atoms with Crippen LogP contribution in [0.15, 0.2) is 54.6 Å². The maximum atomic E-state index is 5.79. The summed E-state index contributed by atoms with van der Waals surface area (Å²) in [6.45, 7) is 9.39. The van der Waals surface area contributed by atoms with Crippen LogP contribution in [0.3, 0.4) is 0 Å². The second-order valence-corrected chi connectivity index (χ2v) is 6.76. The molecule has 3 nitrogen and oxygen atoms in total. The van der Waals surface area contributed by atoms with Crippen LogP contribution in [0.2, 0.25) is 0 Å². The van der Waals surface area contributed by atoms with Crippen molar-refractivity contribution in [3.8, 4) is 11.1 Å². The van der Waals surface area contributed by atoms with Crippen LogP contribution in [0, 0.1) is 0 Å². The van der Waals surface area contributed by atoms with Crippen molar-refractivity contribution >= 4 is 0 Å². The summed E-state index contributed by atoms with van der Waals surface area (Å²) in [6.07, 6.45) is 0.688. The first kappa shape index (κ1) is 17.2. The summed E-state index contributed by atoms with van der Waals surface area (Å²) < 4.78 is 5.79. The summed E-state index contributed by atoms with van der Waals surface area (Å²) in [5.74, 6) is 0. The molecular formula is C21H28N2O. The molecule has 1 heterocycles. The minimum Gasteiger partial charge on any atom is -0.373 e. The predicted molar refractivity (Wildman–Crippen MR) is 100 cm³/mol. The number of hydrogen-bond acceptors (Lipinski definition) is 3. The molecule has 1 aliphatic rings. The van der Waals surface area contributed by atoms with Gasteiger partial charge in [0.1, 0.15) is 0 Å². The van der Waals surface area contributed by atoms with Crippen molar-refractivity contribution in [3.63, 3.8) is 0 Å². The van der Waals surface area contributed by atoms with E-state index in [1.807, 2.05) is 0 Å². The molecule has 2 aromatic carbocycles. The number of nitrogens with one attached hydrogen (secondary N) is 1. The first-order valence-electron chi connectivity index (χ1n) is 8.93. The Balaban J connectivity index is 1.47. The van der Waals surface area contributed by atoms with Crippen molar-refractivity contribution in [1.29, 1.82) is 0 Å². The van der Waals surface area contributed by atoms with E-state index in [1.54, 1.807) is 0 Å². The molecule has 128 valence electrons. The van der Waals surface area contributed by atoms with Crippen molar-refractivity contribution in [3.05, 3.63) is 60.2 Å². The maximum Gasteiger partial charge on any atom is 0.0678 e. The molecule has 1 aliphatic heterocycles. The molecule has 0 spiro atoms. The van der Waals surface area contributed by atoms with Gasteiger partial charge in [0.2, 0.25) is 0 Å². The van der Waals surface area contributed by atoms with Crippen LogP contribution in [0.1, 0.15) is 19.4 Å². The number of benzene rings is 2. The van der Waals surface area contributed by atoms with Crippen LogP contribution >= 0.6 is 0 Å². The average Bonchev–Trinajstić information content (AvgIpc) is 2.59. The Hall–Kier alpha value is -1.68. The van der Waals surface area contributed by atoms with Crippen molar-refractivity contribution in [2.75, 3.05) is 26.2 Å². The van der Waals surface area contributed by atoms with Crippen molar-refractivity contribution in [2.45, 2.75) is 32.6 Å². The Bertz CT molecular complexity index is 619. The third kappa shape index (κ3) is 4.91. The highest BCUT2D eigenvalue weighted by atomic mass is 16.5. The lowest BCUT2D eigenvalue weighted by Gasteiger charge is -2.35. The molecule has 0 unspecified atom stereocenters. The number of hydrogen-bond donors (Lipinski definition) is 1. The summed E-state index contributed by atoms with van der Waals surface area (Å²) >= 11 is 0. The Morgan fingerprint density at radius 1 is 0.958 bits per heavy atom. The second-order valence-electron chi connectivity index (χ2n) is 6.76. The molecule has 0 aliphatic carbocycles. The molecule has 2 atom stereocenters. The molecule has 3 heteroatoms. The average molecular weight is 324 g/mol. The van der Waals surface area contributed by atoms with E-state index in [0.717, 1.165) is 32.7 Å². The zero-order chi connectivity index (χ0) is 16.8. The molecule has 3 rings (SSSR count). The first-order chi connectivity index (χ1) is 11.7. The van der Waals surface area contributed by atoms with Gasteiger partial charge in [-0.25, -0.2) is 0 Å². The Kier molecular flexibility index (Phi) is 6.02. The SMILES string of the molecule is C[C@H]1CN(CCNCc2cccc(-c3ccccc3)c2)C[C@H](C)O1. The summed E-state index contributed by atoms with van der Waals surface area (Å²) in [5, 5.41) is 3.57. The first-order valence-corrected chi connectivity index (χ1v) is 8.93. The number of ether oxygens (including phenoxy) is 1. The van der Waals surface area contributed by atoms with E-state index in [2.05, 4.69) is 78.7 Å². The minimum atomic E-state index is 0.344. The van der Waals surface area contributed by atoms with Gasteiger partial charge < -0.3 is 10.1 Å². The van der Waals surface area contributed by atoms with E-state index in [-0.39, 0.29) is 0 Å². The molecule has 1 saturated heterocycles. The van der Waals surface area contributed by atoms with E-state index in [1.165, 1.54) is 16.7 Å². The standard InChI is InChI=1S/C21H28N2O/c1-17-15-23(16-18(2)24-17)12-11-22-14-19-7-6-10-21(13-19)20-8-4-3-5-9-20/h3-10,13,17-18,22H,11-12,14-16H2,1-2H3/t17-,18-/m0/s1. The quantitative estimate of drug-likeness (QED) is 0.823. The molecule has 1 fully saturated rings. The van der Waals surface area contributed by atoms with Gasteiger partial charge in [-0.1, -0.05) is 48.5 Å². The highest BCUT2D eigenvalue weighted by Crippen LogP contribution is 2.19. The molecule has 0 amide bonds. The third-order valence-corrected chi connectivity index (χ3v) is 4.46. The van der Waals surface area contributed by atoms with Gasteiger partial charge in [-0.15, -0.1) is 0 Å². The molecule has 0 radical (unpaired) electrons. The summed E-state index contributed by atoms with van der Waals surface area (Å²) in [6, 6.07) is 19.3. The molecule has 2 aromatic rings. The lowest BCUT2D eigenvalue weighted by Crippen LogP contribution is -2.47. The van der Waals surface area contributed by atoms with Gasteiger partial charge in [-0.05, 0) is 36.6 Å².